The van der Waals surface area contributed by atoms with Crippen LogP contribution in [0.15, 0.2) is 47.1 Å². The van der Waals surface area contributed by atoms with E-state index in [0.29, 0.717) is 26.7 Å². The van der Waals surface area contributed by atoms with Gasteiger partial charge in [-0.25, -0.2) is 9.79 Å². The van der Waals surface area contributed by atoms with Crippen molar-refractivity contribution in [2.75, 3.05) is 0 Å². The fourth-order valence-electron chi connectivity index (χ4n) is 2.36. The molecule has 0 N–H and O–H groups in total. The van der Waals surface area contributed by atoms with Crippen molar-refractivity contribution in [2.24, 2.45) is 4.99 Å². The van der Waals surface area contributed by atoms with E-state index in [2.05, 4.69) is 4.99 Å². The fraction of sp³-hybridized carbons (Fsp3) is 0.0588. The largest absolute Gasteiger partial charge is 0.402 e. The number of ether oxygens (including phenoxy) is 1. The molecule has 0 saturated carbocycles. The molecular weight excluding hydrogens is 367 g/mol. The first-order valence-corrected chi connectivity index (χ1v) is 7.85. The van der Waals surface area contributed by atoms with Gasteiger partial charge in [-0.05, 0) is 30.7 Å². The Morgan fingerprint density at radius 2 is 1.92 bits per heavy atom. The van der Waals surface area contributed by atoms with Crippen LogP contribution in [0.2, 0.25) is 10.0 Å². The van der Waals surface area contributed by atoms with Crippen molar-refractivity contribution in [1.82, 2.24) is 0 Å². The second-order valence-corrected chi connectivity index (χ2v) is 5.97. The van der Waals surface area contributed by atoms with E-state index in [-0.39, 0.29) is 17.3 Å². The Hall–Kier alpha value is -2.70. The van der Waals surface area contributed by atoms with Gasteiger partial charge in [-0.1, -0.05) is 41.4 Å². The van der Waals surface area contributed by atoms with Gasteiger partial charge in [0.25, 0.3) is 5.69 Å². The number of nitro groups is 1. The number of carbonyl (C=O) groups excluding carboxylic acids is 1. The van der Waals surface area contributed by atoms with Crippen LogP contribution in [-0.2, 0) is 9.53 Å². The molecule has 0 unspecified atom stereocenters. The Balaban J connectivity index is 2.04. The molecule has 0 atom stereocenters. The van der Waals surface area contributed by atoms with Gasteiger partial charge in [0.15, 0.2) is 5.70 Å². The molecule has 8 heteroatoms. The summed E-state index contributed by atoms with van der Waals surface area (Å²) >= 11 is 12.1. The van der Waals surface area contributed by atoms with E-state index < -0.39 is 10.9 Å². The van der Waals surface area contributed by atoms with Crippen molar-refractivity contribution in [3.63, 3.8) is 0 Å². The zero-order valence-electron chi connectivity index (χ0n) is 12.8. The minimum absolute atomic E-state index is 0.00982. The molecule has 0 bridgehead atoms. The molecule has 0 aliphatic carbocycles. The molecule has 25 heavy (non-hydrogen) atoms. The number of rotatable bonds is 3. The van der Waals surface area contributed by atoms with Gasteiger partial charge in [0, 0.05) is 17.2 Å². The average Bonchev–Trinajstić information content (AvgIpc) is 2.92. The topological polar surface area (TPSA) is 81.8 Å². The quantitative estimate of drug-likeness (QED) is 0.340. The molecule has 1 heterocycles. The molecule has 126 valence electrons. The van der Waals surface area contributed by atoms with Crippen LogP contribution in [0, 0.1) is 17.0 Å². The number of benzene rings is 2. The third-order valence-corrected chi connectivity index (χ3v) is 4.46. The van der Waals surface area contributed by atoms with Crippen LogP contribution in [0.25, 0.3) is 6.08 Å². The van der Waals surface area contributed by atoms with Gasteiger partial charge in [-0.3, -0.25) is 10.1 Å². The normalized spacial score (nSPS) is 15.2. The highest BCUT2D eigenvalue weighted by atomic mass is 35.5. The van der Waals surface area contributed by atoms with Crippen molar-refractivity contribution in [2.45, 2.75) is 6.92 Å². The van der Waals surface area contributed by atoms with Crippen LogP contribution in [-0.4, -0.2) is 16.8 Å². The SMILES string of the molecule is Cc1c(C2=N/C(=C\c3cccc(Cl)c3Cl)C(=O)O2)cccc1[N+](=O)[O-]. The number of hydrogen-bond donors (Lipinski definition) is 0. The zero-order chi connectivity index (χ0) is 18.1. The lowest BCUT2D eigenvalue weighted by molar-refractivity contribution is -0.385. The van der Waals surface area contributed by atoms with Crippen LogP contribution in [0.5, 0.6) is 0 Å². The number of aliphatic imine (C=N–C) groups is 1. The molecule has 0 saturated heterocycles. The Morgan fingerprint density at radius 3 is 2.64 bits per heavy atom. The van der Waals surface area contributed by atoms with Crippen LogP contribution in [0.1, 0.15) is 16.7 Å². The molecule has 3 rings (SSSR count). The van der Waals surface area contributed by atoms with E-state index in [4.69, 9.17) is 27.9 Å². The highest BCUT2D eigenvalue weighted by Crippen LogP contribution is 2.30. The van der Waals surface area contributed by atoms with Gasteiger partial charge in [-0.2, -0.15) is 0 Å². The van der Waals surface area contributed by atoms with Crippen molar-refractivity contribution in [1.29, 1.82) is 0 Å². The minimum atomic E-state index is -0.669. The minimum Gasteiger partial charge on any atom is -0.402 e. The predicted molar refractivity (Wildman–Crippen MR) is 94.9 cm³/mol. The predicted octanol–water partition coefficient (Wildman–Crippen LogP) is 4.55. The first-order chi connectivity index (χ1) is 11.9. The molecule has 2 aromatic rings. The molecular formula is C17H10Cl2N2O4. The lowest BCUT2D eigenvalue weighted by Crippen LogP contribution is -2.08. The Labute approximate surface area is 152 Å². The van der Waals surface area contributed by atoms with Crippen molar-refractivity contribution in [3.05, 3.63) is 78.9 Å². The number of esters is 1. The molecule has 2 aromatic carbocycles. The van der Waals surface area contributed by atoms with Gasteiger partial charge >= 0.3 is 5.97 Å². The first-order valence-electron chi connectivity index (χ1n) is 7.09. The zero-order valence-corrected chi connectivity index (χ0v) is 14.3. The fourth-order valence-corrected chi connectivity index (χ4v) is 2.72. The van der Waals surface area contributed by atoms with E-state index in [9.17, 15) is 14.9 Å². The molecule has 0 aromatic heterocycles. The summed E-state index contributed by atoms with van der Waals surface area (Å²) in [6.45, 7) is 1.57. The Morgan fingerprint density at radius 1 is 1.20 bits per heavy atom. The van der Waals surface area contributed by atoms with Gasteiger partial charge in [0.2, 0.25) is 5.90 Å². The second-order valence-electron chi connectivity index (χ2n) is 5.19. The number of halogens is 2. The standard InChI is InChI=1S/C17H10Cl2N2O4/c1-9-11(5-3-7-14(9)21(23)24)16-20-13(17(22)25-16)8-10-4-2-6-12(18)15(10)19/h2-8H,1H3/b13-8-. The summed E-state index contributed by atoms with van der Waals surface area (Å²) in [6.07, 6.45) is 1.45. The summed E-state index contributed by atoms with van der Waals surface area (Å²) < 4.78 is 5.16. The Kier molecular flexibility index (Phi) is 4.57. The van der Waals surface area contributed by atoms with Crippen molar-refractivity contribution < 1.29 is 14.5 Å². The van der Waals surface area contributed by atoms with Gasteiger partial charge < -0.3 is 4.74 Å². The molecule has 1 aliphatic heterocycles. The highest BCUT2D eigenvalue weighted by Gasteiger charge is 2.27. The van der Waals surface area contributed by atoms with Crippen LogP contribution in [0.4, 0.5) is 5.69 Å². The summed E-state index contributed by atoms with van der Waals surface area (Å²) in [5.41, 5.74) is 1.21. The summed E-state index contributed by atoms with van der Waals surface area (Å²) in [7, 11) is 0. The number of nitro benzene ring substituents is 1. The summed E-state index contributed by atoms with van der Waals surface area (Å²) in [4.78, 5) is 26.8. The molecule has 6 nitrogen and oxygen atoms in total. The lowest BCUT2D eigenvalue weighted by atomic mass is 10.1. The molecule has 0 spiro atoms. The maximum Gasteiger partial charge on any atom is 0.363 e. The highest BCUT2D eigenvalue weighted by molar-refractivity contribution is 6.43. The molecule has 1 aliphatic rings. The molecule has 0 fully saturated rings. The number of hydrogen-bond acceptors (Lipinski definition) is 5. The van der Waals surface area contributed by atoms with Crippen molar-refractivity contribution in [3.8, 4) is 0 Å². The summed E-state index contributed by atoms with van der Waals surface area (Å²) in [5, 5.41) is 11.7. The van der Waals surface area contributed by atoms with Gasteiger partial charge in [-0.15, -0.1) is 0 Å². The third-order valence-electron chi connectivity index (χ3n) is 3.63. The third kappa shape index (κ3) is 3.26. The maximum atomic E-state index is 12.1. The van der Waals surface area contributed by atoms with E-state index >= 15 is 0 Å². The average molecular weight is 377 g/mol. The van der Waals surface area contributed by atoms with Crippen LogP contribution >= 0.6 is 23.2 Å². The first kappa shape index (κ1) is 17.1. The van der Waals surface area contributed by atoms with Gasteiger partial charge in [0.05, 0.1) is 15.0 Å². The summed E-state index contributed by atoms with van der Waals surface area (Å²) in [5.74, 6) is -0.660. The van der Waals surface area contributed by atoms with E-state index in [1.165, 1.54) is 18.2 Å². The van der Waals surface area contributed by atoms with Gasteiger partial charge in [0.1, 0.15) is 0 Å². The lowest BCUT2D eigenvalue weighted by Gasteiger charge is -2.04. The maximum absolute atomic E-state index is 12.1. The van der Waals surface area contributed by atoms with E-state index in [1.807, 2.05) is 0 Å². The number of carbonyl (C=O) groups is 1. The number of cyclic esters (lactones) is 1. The smallest absolute Gasteiger partial charge is 0.363 e. The number of nitrogens with zero attached hydrogens (tertiary/aromatic N) is 2. The summed E-state index contributed by atoms with van der Waals surface area (Å²) in [6, 6.07) is 9.48. The van der Waals surface area contributed by atoms with Crippen LogP contribution < -0.4 is 0 Å². The van der Waals surface area contributed by atoms with Crippen molar-refractivity contribution >= 4 is 46.8 Å². The monoisotopic (exact) mass is 376 g/mol. The Bertz CT molecular complexity index is 967. The van der Waals surface area contributed by atoms with E-state index in [1.54, 1.807) is 31.2 Å². The second kappa shape index (κ2) is 6.66. The molecule has 0 amide bonds. The molecule has 0 radical (unpaired) electrons. The van der Waals surface area contributed by atoms with Crippen LogP contribution in [0.3, 0.4) is 0 Å². The van der Waals surface area contributed by atoms with E-state index in [0.717, 1.165) is 0 Å².